The first-order chi connectivity index (χ1) is 6.16. The smallest absolute Gasteiger partial charge is 0.228 e. The van der Waals surface area contributed by atoms with Crippen LogP contribution < -0.4 is 0 Å². The highest BCUT2D eigenvalue weighted by Gasteiger charge is 2.12. The van der Waals surface area contributed by atoms with Crippen molar-refractivity contribution in [2.75, 3.05) is 0 Å². The topological polar surface area (TPSA) is 26.0 Å². The number of hydrogen-bond donors (Lipinski definition) is 0. The standard InChI is InChI=1S/C8H4Cl3NO/c9-4-1-2-5-6(3-4)13-8(12-5)7(10)11/h1-3,7H. The molecule has 0 atom stereocenters. The Morgan fingerprint density at radius 3 is 2.77 bits per heavy atom. The van der Waals surface area contributed by atoms with Crippen molar-refractivity contribution in [3.8, 4) is 0 Å². The first-order valence-corrected chi connectivity index (χ1v) is 4.76. The number of rotatable bonds is 1. The second kappa shape index (κ2) is 3.37. The summed E-state index contributed by atoms with van der Waals surface area (Å²) in [6.07, 6.45) is 0. The molecule has 0 radical (unpaired) electrons. The van der Waals surface area contributed by atoms with Crippen LogP contribution in [-0.4, -0.2) is 4.98 Å². The van der Waals surface area contributed by atoms with E-state index in [0.29, 0.717) is 22.0 Å². The number of halogens is 3. The molecule has 0 aliphatic carbocycles. The average molecular weight is 236 g/mol. The zero-order chi connectivity index (χ0) is 9.42. The normalized spacial score (nSPS) is 11.4. The Bertz CT molecular complexity index is 438. The summed E-state index contributed by atoms with van der Waals surface area (Å²) in [7, 11) is 0. The van der Waals surface area contributed by atoms with Crippen LogP contribution in [0, 0.1) is 0 Å². The Hall–Kier alpha value is -0.440. The molecule has 2 rings (SSSR count). The first kappa shape index (κ1) is 9.13. The molecule has 0 saturated heterocycles. The third kappa shape index (κ3) is 1.75. The number of alkyl halides is 2. The Kier molecular flexibility index (Phi) is 2.37. The number of oxazole rings is 1. The quantitative estimate of drug-likeness (QED) is 0.701. The van der Waals surface area contributed by atoms with Crippen molar-refractivity contribution < 1.29 is 4.42 Å². The van der Waals surface area contributed by atoms with Gasteiger partial charge in [0.25, 0.3) is 0 Å². The predicted octanol–water partition coefficient (Wildman–Crippen LogP) is 3.96. The third-order valence-electron chi connectivity index (χ3n) is 1.55. The van der Waals surface area contributed by atoms with Crippen molar-refractivity contribution in [1.29, 1.82) is 0 Å². The van der Waals surface area contributed by atoms with E-state index >= 15 is 0 Å². The minimum Gasteiger partial charge on any atom is -0.438 e. The Labute approximate surface area is 89.4 Å². The zero-order valence-electron chi connectivity index (χ0n) is 6.30. The van der Waals surface area contributed by atoms with E-state index in [1.54, 1.807) is 18.2 Å². The number of hydrogen-bond acceptors (Lipinski definition) is 2. The lowest BCUT2D eigenvalue weighted by atomic mass is 10.3. The van der Waals surface area contributed by atoms with Crippen molar-refractivity contribution in [2.24, 2.45) is 0 Å². The van der Waals surface area contributed by atoms with Gasteiger partial charge in [-0.05, 0) is 12.1 Å². The van der Waals surface area contributed by atoms with Crippen LogP contribution in [0.2, 0.25) is 5.02 Å². The lowest BCUT2D eigenvalue weighted by molar-refractivity contribution is 0.550. The maximum atomic E-state index is 5.75. The lowest BCUT2D eigenvalue weighted by Gasteiger charge is -1.89. The van der Waals surface area contributed by atoms with Crippen LogP contribution in [0.5, 0.6) is 0 Å². The summed E-state index contributed by atoms with van der Waals surface area (Å²) in [4.78, 5) is 3.32. The molecule has 1 aromatic heterocycles. The predicted molar refractivity (Wildman–Crippen MR) is 53.5 cm³/mol. The number of nitrogens with zero attached hydrogens (tertiary/aromatic N) is 1. The van der Waals surface area contributed by atoms with Gasteiger partial charge >= 0.3 is 0 Å². The monoisotopic (exact) mass is 235 g/mol. The van der Waals surface area contributed by atoms with Crippen molar-refractivity contribution in [2.45, 2.75) is 4.84 Å². The fourth-order valence-electron chi connectivity index (χ4n) is 1.01. The first-order valence-electron chi connectivity index (χ1n) is 3.51. The second-order valence-electron chi connectivity index (χ2n) is 2.46. The third-order valence-corrected chi connectivity index (χ3v) is 2.16. The molecule has 2 nitrogen and oxygen atoms in total. The molecule has 1 aromatic carbocycles. The highest BCUT2D eigenvalue weighted by molar-refractivity contribution is 6.43. The van der Waals surface area contributed by atoms with Gasteiger partial charge in [-0.3, -0.25) is 0 Å². The number of aromatic nitrogens is 1. The minimum absolute atomic E-state index is 0.292. The summed E-state index contributed by atoms with van der Waals surface area (Å²) in [5.74, 6) is 0.292. The largest absolute Gasteiger partial charge is 0.438 e. The SMILES string of the molecule is Clc1ccc2nc(C(Cl)Cl)oc2c1. The molecular formula is C8H4Cl3NO. The molecule has 5 heteroatoms. The number of fused-ring (bicyclic) bond motifs is 1. The molecule has 0 N–H and O–H groups in total. The molecule has 13 heavy (non-hydrogen) atoms. The fourth-order valence-corrected chi connectivity index (χ4v) is 1.36. The van der Waals surface area contributed by atoms with Crippen LogP contribution in [0.1, 0.15) is 10.7 Å². The van der Waals surface area contributed by atoms with E-state index in [4.69, 9.17) is 39.2 Å². The van der Waals surface area contributed by atoms with Gasteiger partial charge in [0.1, 0.15) is 5.52 Å². The summed E-state index contributed by atoms with van der Waals surface area (Å²) >= 11 is 16.9. The molecule has 0 aliphatic rings. The van der Waals surface area contributed by atoms with Crippen molar-refractivity contribution in [3.05, 3.63) is 29.1 Å². The molecule has 0 saturated carbocycles. The van der Waals surface area contributed by atoms with Gasteiger partial charge in [-0.1, -0.05) is 34.8 Å². The van der Waals surface area contributed by atoms with E-state index in [1.807, 2.05) is 0 Å². The van der Waals surface area contributed by atoms with Gasteiger partial charge in [-0.2, -0.15) is 0 Å². The molecule has 68 valence electrons. The van der Waals surface area contributed by atoms with Crippen LogP contribution in [-0.2, 0) is 0 Å². The minimum atomic E-state index is -0.744. The number of benzene rings is 1. The van der Waals surface area contributed by atoms with Gasteiger partial charge in [0, 0.05) is 11.1 Å². The molecule has 0 amide bonds. The van der Waals surface area contributed by atoms with E-state index in [1.165, 1.54) is 0 Å². The summed E-state index contributed by atoms with van der Waals surface area (Å²) in [6, 6.07) is 5.15. The van der Waals surface area contributed by atoms with E-state index < -0.39 is 4.84 Å². The van der Waals surface area contributed by atoms with E-state index in [-0.39, 0.29) is 0 Å². The fraction of sp³-hybridized carbons (Fsp3) is 0.125. The van der Waals surface area contributed by atoms with Gasteiger partial charge in [0.2, 0.25) is 5.89 Å². The Balaban J connectivity index is 2.62. The summed E-state index contributed by atoms with van der Waals surface area (Å²) < 4.78 is 5.25. The van der Waals surface area contributed by atoms with Gasteiger partial charge in [0.15, 0.2) is 10.4 Å². The maximum absolute atomic E-state index is 5.75. The average Bonchev–Trinajstić information content (AvgIpc) is 2.46. The van der Waals surface area contributed by atoms with Gasteiger partial charge in [0.05, 0.1) is 0 Å². The van der Waals surface area contributed by atoms with E-state index in [9.17, 15) is 0 Å². The molecule has 0 fully saturated rings. The van der Waals surface area contributed by atoms with E-state index in [0.717, 1.165) is 0 Å². The second-order valence-corrected chi connectivity index (χ2v) is 4.00. The van der Waals surface area contributed by atoms with Crippen molar-refractivity contribution >= 4 is 45.9 Å². The molecule has 0 bridgehead atoms. The van der Waals surface area contributed by atoms with Crippen LogP contribution in [0.25, 0.3) is 11.1 Å². The highest BCUT2D eigenvalue weighted by Crippen LogP contribution is 2.28. The van der Waals surface area contributed by atoms with Gasteiger partial charge < -0.3 is 4.42 Å². The Morgan fingerprint density at radius 2 is 2.08 bits per heavy atom. The summed E-state index contributed by atoms with van der Waals surface area (Å²) in [6.45, 7) is 0. The van der Waals surface area contributed by atoms with Crippen molar-refractivity contribution in [3.63, 3.8) is 0 Å². The van der Waals surface area contributed by atoms with Crippen LogP contribution in [0.3, 0.4) is 0 Å². The molecule has 1 heterocycles. The maximum Gasteiger partial charge on any atom is 0.228 e. The zero-order valence-corrected chi connectivity index (χ0v) is 8.57. The molecule has 2 aromatic rings. The Morgan fingerprint density at radius 1 is 1.31 bits per heavy atom. The van der Waals surface area contributed by atoms with Crippen LogP contribution in [0.4, 0.5) is 0 Å². The molecule has 0 aliphatic heterocycles. The molecule has 0 unspecified atom stereocenters. The van der Waals surface area contributed by atoms with Gasteiger partial charge in [-0.25, -0.2) is 4.98 Å². The summed E-state index contributed by atoms with van der Waals surface area (Å²) in [5, 5.41) is 0.593. The lowest BCUT2D eigenvalue weighted by Crippen LogP contribution is -1.77. The van der Waals surface area contributed by atoms with Crippen LogP contribution >= 0.6 is 34.8 Å². The van der Waals surface area contributed by atoms with E-state index in [2.05, 4.69) is 4.98 Å². The molecular weight excluding hydrogens is 232 g/mol. The highest BCUT2D eigenvalue weighted by atomic mass is 35.5. The van der Waals surface area contributed by atoms with Crippen LogP contribution in [0.15, 0.2) is 22.6 Å². The molecule has 0 spiro atoms. The van der Waals surface area contributed by atoms with Gasteiger partial charge in [-0.15, -0.1) is 0 Å². The summed E-state index contributed by atoms with van der Waals surface area (Å²) in [5.41, 5.74) is 1.29. The van der Waals surface area contributed by atoms with Crippen molar-refractivity contribution in [1.82, 2.24) is 4.98 Å².